The number of benzene rings is 2. The highest BCUT2D eigenvalue weighted by atomic mass is 16.1. The lowest BCUT2D eigenvalue weighted by molar-refractivity contribution is -0.124. The maximum Gasteiger partial charge on any atom is 0.135 e. The lowest BCUT2D eigenvalue weighted by Crippen LogP contribution is -2.55. The molecule has 2 aliphatic rings. The van der Waals surface area contributed by atoms with Crippen molar-refractivity contribution in [2.24, 2.45) is 0 Å². The fraction of sp³-hybridized carbons (Fsp3) is 0.393. The molecular weight excluding hydrogens is 410 g/mol. The van der Waals surface area contributed by atoms with E-state index in [-0.39, 0.29) is 5.54 Å². The van der Waals surface area contributed by atoms with Gasteiger partial charge in [-0.15, -0.1) is 0 Å². The van der Waals surface area contributed by atoms with Gasteiger partial charge in [0.2, 0.25) is 0 Å². The number of pyridine rings is 1. The summed E-state index contributed by atoms with van der Waals surface area (Å²) in [5, 5.41) is 1.16. The van der Waals surface area contributed by atoms with Crippen molar-refractivity contribution < 1.29 is 9.59 Å². The van der Waals surface area contributed by atoms with Gasteiger partial charge in [0.1, 0.15) is 11.6 Å². The van der Waals surface area contributed by atoms with E-state index in [4.69, 9.17) is 4.98 Å². The largest absolute Gasteiger partial charge is 0.300 e. The molecule has 2 fully saturated rings. The zero-order valence-electron chi connectivity index (χ0n) is 19.3. The minimum absolute atomic E-state index is 0.298. The van der Waals surface area contributed by atoms with Crippen LogP contribution >= 0.6 is 0 Å². The molecule has 170 valence electrons. The maximum absolute atomic E-state index is 12.1. The van der Waals surface area contributed by atoms with Gasteiger partial charge in [-0.3, -0.25) is 14.5 Å². The Balaban J connectivity index is 1.64. The first-order chi connectivity index (χ1) is 16.0. The summed E-state index contributed by atoms with van der Waals surface area (Å²) in [5.41, 5.74) is 4.01. The third kappa shape index (κ3) is 4.48. The molecule has 3 aromatic rings. The first-order valence-corrected chi connectivity index (χ1v) is 12.0. The third-order valence-electron chi connectivity index (χ3n) is 7.33. The molecule has 33 heavy (non-hydrogen) atoms. The van der Waals surface area contributed by atoms with Crippen molar-refractivity contribution in [3.63, 3.8) is 0 Å². The molecule has 2 aliphatic heterocycles. The molecule has 0 saturated carbocycles. The molecule has 2 aromatic carbocycles. The fourth-order valence-corrected chi connectivity index (χ4v) is 5.38. The van der Waals surface area contributed by atoms with Gasteiger partial charge in [0, 0.05) is 69.4 Å². The average Bonchev–Trinajstić information content (AvgIpc) is 2.85. The van der Waals surface area contributed by atoms with Crippen molar-refractivity contribution in [2.45, 2.75) is 38.1 Å². The standard InChI is InChI=1S/C28H31N3O2/c1-28(31-17-13-23(33)14-18-31,20-30-15-11-22(32)12-16-30)25-19-27(21-7-3-2-4-8-21)29-26-10-6-5-9-24(25)26/h2-10,19H,11-18,20H2,1H3. The molecule has 0 spiro atoms. The van der Waals surface area contributed by atoms with Gasteiger partial charge in [-0.25, -0.2) is 4.98 Å². The molecule has 1 atom stereocenters. The van der Waals surface area contributed by atoms with E-state index >= 15 is 0 Å². The molecule has 2 saturated heterocycles. The predicted molar refractivity (Wildman–Crippen MR) is 131 cm³/mol. The number of carbonyl (C=O) groups is 2. The Morgan fingerprint density at radius 3 is 2.12 bits per heavy atom. The van der Waals surface area contributed by atoms with Crippen molar-refractivity contribution >= 4 is 22.5 Å². The second kappa shape index (κ2) is 9.16. The van der Waals surface area contributed by atoms with Crippen molar-refractivity contribution in [1.82, 2.24) is 14.8 Å². The van der Waals surface area contributed by atoms with Gasteiger partial charge in [0.15, 0.2) is 0 Å². The molecule has 5 heteroatoms. The molecule has 0 aliphatic carbocycles. The highest BCUT2D eigenvalue weighted by Gasteiger charge is 2.39. The molecule has 0 radical (unpaired) electrons. The van der Waals surface area contributed by atoms with Crippen LogP contribution in [-0.2, 0) is 15.1 Å². The highest BCUT2D eigenvalue weighted by molar-refractivity contribution is 5.86. The van der Waals surface area contributed by atoms with Gasteiger partial charge >= 0.3 is 0 Å². The Hall–Kier alpha value is -2.89. The van der Waals surface area contributed by atoms with Crippen molar-refractivity contribution in [3.05, 3.63) is 66.2 Å². The molecule has 0 N–H and O–H groups in total. The number of fused-ring (bicyclic) bond motifs is 1. The topological polar surface area (TPSA) is 53.5 Å². The number of aromatic nitrogens is 1. The molecule has 0 bridgehead atoms. The van der Waals surface area contributed by atoms with Crippen LogP contribution in [0.5, 0.6) is 0 Å². The van der Waals surface area contributed by atoms with Crippen molar-refractivity contribution in [2.75, 3.05) is 32.7 Å². The van der Waals surface area contributed by atoms with Crippen LogP contribution in [0.2, 0.25) is 0 Å². The normalized spacial score (nSPS) is 20.2. The van der Waals surface area contributed by atoms with Crippen LogP contribution in [0.25, 0.3) is 22.2 Å². The number of hydrogen-bond donors (Lipinski definition) is 0. The number of rotatable bonds is 5. The van der Waals surface area contributed by atoms with E-state index in [0.717, 1.165) is 54.9 Å². The zero-order chi connectivity index (χ0) is 22.8. The van der Waals surface area contributed by atoms with Gasteiger partial charge in [-0.1, -0.05) is 48.5 Å². The number of ketones is 2. The van der Waals surface area contributed by atoms with E-state index in [1.54, 1.807) is 0 Å². The van der Waals surface area contributed by atoms with Gasteiger partial charge in [0.05, 0.1) is 16.7 Å². The number of para-hydroxylation sites is 1. The summed E-state index contributed by atoms with van der Waals surface area (Å²) in [4.78, 5) is 33.9. The van der Waals surface area contributed by atoms with Crippen molar-refractivity contribution in [3.8, 4) is 11.3 Å². The van der Waals surface area contributed by atoms with E-state index in [1.807, 2.05) is 24.3 Å². The molecule has 0 amide bonds. The fourth-order valence-electron chi connectivity index (χ4n) is 5.38. The number of piperidine rings is 2. The molecule has 1 unspecified atom stereocenters. The highest BCUT2D eigenvalue weighted by Crippen LogP contribution is 2.38. The molecule has 5 nitrogen and oxygen atoms in total. The van der Waals surface area contributed by atoms with E-state index in [2.05, 4.69) is 53.1 Å². The van der Waals surface area contributed by atoms with Gasteiger partial charge in [0.25, 0.3) is 0 Å². The smallest absolute Gasteiger partial charge is 0.135 e. The Morgan fingerprint density at radius 2 is 1.42 bits per heavy atom. The summed E-state index contributed by atoms with van der Waals surface area (Å²) < 4.78 is 0. The zero-order valence-corrected chi connectivity index (χ0v) is 19.3. The van der Waals surface area contributed by atoms with Crippen LogP contribution in [-0.4, -0.2) is 59.1 Å². The van der Waals surface area contributed by atoms with Crippen molar-refractivity contribution in [1.29, 1.82) is 0 Å². The van der Waals surface area contributed by atoms with E-state index in [9.17, 15) is 9.59 Å². The Kier molecular flexibility index (Phi) is 6.09. The monoisotopic (exact) mass is 441 g/mol. The Morgan fingerprint density at radius 1 is 0.818 bits per heavy atom. The molecular formula is C28H31N3O2. The van der Waals surface area contributed by atoms with Gasteiger partial charge in [-0.2, -0.15) is 0 Å². The predicted octanol–water partition coefficient (Wildman–Crippen LogP) is 4.45. The van der Waals surface area contributed by atoms with E-state index in [1.165, 1.54) is 5.56 Å². The van der Waals surface area contributed by atoms with Crippen LogP contribution in [0, 0.1) is 0 Å². The third-order valence-corrected chi connectivity index (χ3v) is 7.33. The van der Waals surface area contributed by atoms with Gasteiger partial charge < -0.3 is 4.90 Å². The first-order valence-electron chi connectivity index (χ1n) is 12.0. The van der Waals surface area contributed by atoms with Crippen LogP contribution in [0.3, 0.4) is 0 Å². The van der Waals surface area contributed by atoms with Gasteiger partial charge in [-0.05, 0) is 24.6 Å². The summed E-state index contributed by atoms with van der Waals surface area (Å²) in [6.45, 7) is 6.27. The quantitative estimate of drug-likeness (QED) is 0.586. The lowest BCUT2D eigenvalue weighted by Gasteiger charge is -2.47. The maximum atomic E-state index is 12.1. The average molecular weight is 442 g/mol. The SMILES string of the molecule is CC(CN1CCC(=O)CC1)(c1cc(-c2ccccc2)nc2ccccc12)N1CCC(=O)CC1. The second-order valence-electron chi connectivity index (χ2n) is 9.55. The molecule has 1 aromatic heterocycles. The minimum Gasteiger partial charge on any atom is -0.300 e. The first kappa shape index (κ1) is 21.9. The van der Waals surface area contributed by atoms with Crippen LogP contribution in [0.15, 0.2) is 60.7 Å². The van der Waals surface area contributed by atoms with Crippen LogP contribution in [0.1, 0.15) is 38.2 Å². The number of hydrogen-bond acceptors (Lipinski definition) is 5. The van der Waals surface area contributed by atoms with E-state index < -0.39 is 0 Å². The summed E-state index contributed by atoms with van der Waals surface area (Å²) in [6, 6.07) is 21.0. The second-order valence-corrected chi connectivity index (χ2v) is 9.55. The number of likely N-dealkylation sites (tertiary alicyclic amines) is 2. The van der Waals surface area contributed by atoms with Crippen LogP contribution < -0.4 is 0 Å². The van der Waals surface area contributed by atoms with Crippen LogP contribution in [0.4, 0.5) is 0 Å². The Bertz CT molecular complexity index is 1160. The summed E-state index contributed by atoms with van der Waals surface area (Å²) in [5.74, 6) is 0.707. The lowest BCUT2D eigenvalue weighted by atomic mass is 9.84. The summed E-state index contributed by atoms with van der Waals surface area (Å²) in [7, 11) is 0. The summed E-state index contributed by atoms with van der Waals surface area (Å²) in [6.07, 6.45) is 2.45. The summed E-state index contributed by atoms with van der Waals surface area (Å²) >= 11 is 0. The minimum atomic E-state index is -0.298. The molecule has 3 heterocycles. The molecule has 5 rings (SSSR count). The van der Waals surface area contributed by atoms with E-state index in [0.29, 0.717) is 37.2 Å². The number of nitrogens with zero attached hydrogens (tertiary/aromatic N) is 3. The number of carbonyl (C=O) groups excluding carboxylic acids is 2. The number of Topliss-reactive ketones (excluding diaryl/α,β-unsaturated/α-hetero) is 2. The Labute approximate surface area is 195 Å².